The number of amides is 1. The number of halogens is 1. The van der Waals surface area contributed by atoms with E-state index in [9.17, 15) is 14.0 Å². The lowest BCUT2D eigenvalue weighted by Gasteiger charge is -2.17. The molecule has 5 aromatic rings. The molecule has 0 radical (unpaired) electrons. The summed E-state index contributed by atoms with van der Waals surface area (Å²) >= 11 is 0. The van der Waals surface area contributed by atoms with E-state index in [0.717, 1.165) is 11.1 Å². The molecule has 0 saturated heterocycles. The molecule has 1 amide bonds. The molecule has 0 bridgehead atoms. The first-order valence-electron chi connectivity index (χ1n) is 11.5. The summed E-state index contributed by atoms with van der Waals surface area (Å²) in [4.78, 5) is 31.6. The molecule has 0 spiro atoms. The molecule has 2 N–H and O–H groups in total. The van der Waals surface area contributed by atoms with Gasteiger partial charge in [-0.3, -0.25) is 19.4 Å². The van der Waals surface area contributed by atoms with Gasteiger partial charge in [-0.1, -0.05) is 48.5 Å². The number of carbonyl (C=O) groups excluding carboxylic acids is 1. The van der Waals surface area contributed by atoms with Crippen molar-refractivity contribution in [1.82, 2.24) is 19.3 Å². The first kappa shape index (κ1) is 23.2. The van der Waals surface area contributed by atoms with Crippen LogP contribution in [0.1, 0.15) is 40.0 Å². The highest BCUT2D eigenvalue weighted by atomic mass is 19.1. The fourth-order valence-corrected chi connectivity index (χ4v) is 4.30. The van der Waals surface area contributed by atoms with Crippen molar-refractivity contribution in [1.29, 1.82) is 5.41 Å². The summed E-state index contributed by atoms with van der Waals surface area (Å²) in [6.45, 7) is 3.85. The smallest absolute Gasteiger partial charge is 0.267 e. The zero-order valence-corrected chi connectivity index (χ0v) is 19.8. The molecule has 3 aromatic heterocycles. The van der Waals surface area contributed by atoms with Crippen LogP contribution < -0.4 is 16.4 Å². The Balaban J connectivity index is 1.71. The van der Waals surface area contributed by atoms with E-state index in [-0.39, 0.29) is 46.0 Å². The first-order chi connectivity index (χ1) is 17.3. The van der Waals surface area contributed by atoms with Crippen LogP contribution >= 0.6 is 0 Å². The van der Waals surface area contributed by atoms with Crippen molar-refractivity contribution >= 4 is 22.6 Å². The molecular formula is C28H24FN5O2. The molecule has 0 aliphatic heterocycles. The maximum Gasteiger partial charge on any atom is 0.267 e. The molecule has 7 nitrogen and oxygen atoms in total. The van der Waals surface area contributed by atoms with E-state index < -0.39 is 5.91 Å². The summed E-state index contributed by atoms with van der Waals surface area (Å²) in [6, 6.07) is 20.1. The van der Waals surface area contributed by atoms with Gasteiger partial charge < -0.3 is 9.88 Å². The number of hydrogen-bond acceptors (Lipinski definition) is 4. The molecule has 2 aromatic carbocycles. The Labute approximate surface area is 206 Å². The maximum atomic E-state index is 13.5. The zero-order valence-electron chi connectivity index (χ0n) is 19.8. The molecule has 0 fully saturated rings. The molecule has 0 saturated carbocycles. The van der Waals surface area contributed by atoms with Crippen LogP contribution in [-0.2, 0) is 6.54 Å². The van der Waals surface area contributed by atoms with Crippen molar-refractivity contribution < 1.29 is 9.18 Å². The molecule has 0 aliphatic carbocycles. The number of nitrogens with zero attached hydrogens (tertiary/aromatic N) is 3. The lowest BCUT2D eigenvalue weighted by molar-refractivity contribution is 0.0937. The Morgan fingerprint density at radius 2 is 1.78 bits per heavy atom. The van der Waals surface area contributed by atoms with Crippen molar-refractivity contribution in [3.63, 3.8) is 0 Å². The first-order valence-corrected chi connectivity index (χ1v) is 11.5. The molecule has 0 unspecified atom stereocenters. The minimum absolute atomic E-state index is 0.0545. The lowest BCUT2D eigenvalue weighted by atomic mass is 10.1. The van der Waals surface area contributed by atoms with Crippen LogP contribution in [0.15, 0.2) is 83.8 Å². The van der Waals surface area contributed by atoms with Crippen molar-refractivity contribution in [3.05, 3.63) is 123 Å². The normalized spacial score (nSPS) is 12.1. The average Bonchev–Trinajstić information content (AvgIpc) is 2.88. The maximum absolute atomic E-state index is 13.5. The number of rotatable bonds is 5. The molecule has 1 atom stereocenters. The molecule has 36 heavy (non-hydrogen) atoms. The summed E-state index contributed by atoms with van der Waals surface area (Å²) in [5.74, 6) is -0.847. The lowest BCUT2D eigenvalue weighted by Crippen LogP contribution is -2.36. The van der Waals surface area contributed by atoms with Gasteiger partial charge >= 0.3 is 0 Å². The number of benzene rings is 2. The summed E-state index contributed by atoms with van der Waals surface area (Å²) in [5.41, 5.74) is 2.81. The quantitative estimate of drug-likeness (QED) is 0.370. The van der Waals surface area contributed by atoms with E-state index in [0.29, 0.717) is 11.2 Å². The van der Waals surface area contributed by atoms with Gasteiger partial charge in [0.2, 0.25) is 0 Å². The van der Waals surface area contributed by atoms with Gasteiger partial charge in [-0.2, -0.15) is 0 Å². The standard InChI is InChI=1S/C28H24FN5O2/c1-17-7-6-14-33-25(17)32-26-23(28(33)36)15-22(27(35)31-18(2)20-8-4-3-5-9-20)24(30)34(26)16-19-10-12-21(29)13-11-19/h3-15,18,30H,16H2,1-2H3,(H,31,35)/t18-/m1/s1. The number of hydrogen-bond donors (Lipinski definition) is 2. The summed E-state index contributed by atoms with van der Waals surface area (Å²) < 4.78 is 16.5. The van der Waals surface area contributed by atoms with E-state index in [2.05, 4.69) is 5.32 Å². The zero-order chi connectivity index (χ0) is 25.4. The fraction of sp³-hybridized carbons (Fsp3) is 0.143. The van der Waals surface area contributed by atoms with Crippen molar-refractivity contribution in [2.75, 3.05) is 0 Å². The summed E-state index contributed by atoms with van der Waals surface area (Å²) in [6.07, 6.45) is 1.63. The highest BCUT2D eigenvalue weighted by Crippen LogP contribution is 2.16. The largest absolute Gasteiger partial charge is 0.345 e. The molecule has 0 aliphatic rings. The Kier molecular flexibility index (Phi) is 5.93. The molecule has 3 heterocycles. The van der Waals surface area contributed by atoms with Crippen molar-refractivity contribution in [2.24, 2.45) is 0 Å². The number of aromatic nitrogens is 3. The van der Waals surface area contributed by atoms with Gasteiger partial charge in [-0.05, 0) is 54.8 Å². The predicted molar refractivity (Wildman–Crippen MR) is 135 cm³/mol. The van der Waals surface area contributed by atoms with Crippen molar-refractivity contribution in [3.8, 4) is 0 Å². The van der Waals surface area contributed by atoms with Gasteiger partial charge in [0, 0.05) is 6.20 Å². The second-order valence-corrected chi connectivity index (χ2v) is 8.76. The third-order valence-corrected chi connectivity index (χ3v) is 6.28. The van der Waals surface area contributed by atoms with E-state index in [1.165, 1.54) is 27.2 Å². The highest BCUT2D eigenvalue weighted by Gasteiger charge is 2.20. The van der Waals surface area contributed by atoms with Gasteiger partial charge in [0.15, 0.2) is 0 Å². The number of carbonyl (C=O) groups is 1. The van der Waals surface area contributed by atoms with Gasteiger partial charge in [-0.25, -0.2) is 9.37 Å². The Morgan fingerprint density at radius 1 is 1.06 bits per heavy atom. The third kappa shape index (κ3) is 4.17. The minimum atomic E-state index is -0.472. The Morgan fingerprint density at radius 3 is 2.50 bits per heavy atom. The Bertz CT molecular complexity index is 1720. The number of aryl methyl sites for hydroxylation is 1. The molecule has 180 valence electrons. The number of fused-ring (bicyclic) bond motifs is 2. The number of pyridine rings is 2. The van der Waals surface area contributed by atoms with E-state index >= 15 is 0 Å². The number of nitrogens with one attached hydrogen (secondary N) is 2. The topological polar surface area (TPSA) is 92.3 Å². The second-order valence-electron chi connectivity index (χ2n) is 8.76. The molecule has 8 heteroatoms. The van der Waals surface area contributed by atoms with E-state index in [4.69, 9.17) is 10.4 Å². The fourth-order valence-electron chi connectivity index (χ4n) is 4.30. The summed E-state index contributed by atoms with van der Waals surface area (Å²) in [7, 11) is 0. The average molecular weight is 482 g/mol. The van der Waals surface area contributed by atoms with Crippen LogP contribution in [0.25, 0.3) is 16.7 Å². The van der Waals surface area contributed by atoms with Gasteiger partial charge in [0.25, 0.3) is 11.5 Å². The monoisotopic (exact) mass is 481 g/mol. The van der Waals surface area contributed by atoms with Crippen LogP contribution in [0.3, 0.4) is 0 Å². The van der Waals surface area contributed by atoms with Gasteiger partial charge in [0.05, 0.1) is 23.5 Å². The van der Waals surface area contributed by atoms with Crippen LogP contribution in [-0.4, -0.2) is 19.9 Å². The SMILES string of the molecule is Cc1cccn2c(=O)c3cc(C(=O)N[C@H](C)c4ccccc4)c(=N)n(Cc4ccc(F)cc4)c3nc12. The highest BCUT2D eigenvalue weighted by molar-refractivity contribution is 5.97. The molecular weight excluding hydrogens is 457 g/mol. The van der Waals surface area contributed by atoms with Crippen LogP contribution in [0.2, 0.25) is 0 Å². The summed E-state index contributed by atoms with van der Waals surface area (Å²) in [5, 5.41) is 12.1. The van der Waals surface area contributed by atoms with Crippen molar-refractivity contribution in [2.45, 2.75) is 26.4 Å². The predicted octanol–water partition coefficient (Wildman–Crippen LogP) is 4.12. The Hall–Kier alpha value is -4.59. The van der Waals surface area contributed by atoms with Crippen LogP contribution in [0.4, 0.5) is 4.39 Å². The van der Waals surface area contributed by atoms with Gasteiger partial charge in [-0.15, -0.1) is 0 Å². The van der Waals surface area contributed by atoms with E-state index in [1.54, 1.807) is 24.4 Å². The third-order valence-electron chi connectivity index (χ3n) is 6.28. The van der Waals surface area contributed by atoms with E-state index in [1.807, 2.05) is 50.2 Å². The minimum Gasteiger partial charge on any atom is -0.345 e. The van der Waals surface area contributed by atoms with Crippen LogP contribution in [0.5, 0.6) is 0 Å². The second kappa shape index (κ2) is 9.22. The van der Waals surface area contributed by atoms with Gasteiger partial charge in [0.1, 0.15) is 22.6 Å². The van der Waals surface area contributed by atoms with Crippen LogP contribution in [0, 0.1) is 18.2 Å². The molecule has 5 rings (SSSR count).